The highest BCUT2D eigenvalue weighted by Crippen LogP contribution is 2.29. The summed E-state index contributed by atoms with van der Waals surface area (Å²) in [4.78, 5) is 0. The molecule has 0 amide bonds. The Balaban J connectivity index is 1.84. The minimum Gasteiger partial charge on any atom is -0.488 e. The van der Waals surface area contributed by atoms with Gasteiger partial charge in [-0.15, -0.1) is 0 Å². The summed E-state index contributed by atoms with van der Waals surface area (Å²) in [6.07, 6.45) is 4.26. The topological polar surface area (TPSA) is 9.23 Å². The van der Waals surface area contributed by atoms with Gasteiger partial charge in [0.2, 0.25) is 0 Å². The Bertz CT molecular complexity index is 526. The third-order valence-corrected chi connectivity index (χ3v) is 2.74. The average molecular weight is 208 g/mol. The molecule has 1 aliphatic heterocycles. The highest BCUT2D eigenvalue weighted by molar-refractivity contribution is 5.70. The molecule has 1 heteroatoms. The van der Waals surface area contributed by atoms with Crippen molar-refractivity contribution < 1.29 is 4.74 Å². The first-order valence-electron chi connectivity index (χ1n) is 5.41. The number of fused-ring (bicyclic) bond motifs is 1. The molecular weight excluding hydrogens is 196 g/mol. The molecule has 1 heterocycles. The predicted octanol–water partition coefficient (Wildman–Crippen LogP) is 3.75. The van der Waals surface area contributed by atoms with E-state index in [1.54, 1.807) is 0 Å². The first-order chi connectivity index (χ1) is 7.92. The zero-order valence-electron chi connectivity index (χ0n) is 8.89. The van der Waals surface area contributed by atoms with Crippen molar-refractivity contribution in [3.63, 3.8) is 0 Å². The van der Waals surface area contributed by atoms with Gasteiger partial charge in [-0.25, -0.2) is 0 Å². The van der Waals surface area contributed by atoms with Gasteiger partial charge < -0.3 is 4.74 Å². The van der Waals surface area contributed by atoms with Crippen LogP contribution in [0, 0.1) is 0 Å². The maximum Gasteiger partial charge on any atom is 0.126 e. The molecule has 1 nitrogen and oxygen atoms in total. The largest absolute Gasteiger partial charge is 0.488 e. The van der Waals surface area contributed by atoms with Crippen molar-refractivity contribution in [2.45, 2.75) is 6.61 Å². The van der Waals surface area contributed by atoms with Gasteiger partial charge in [0.25, 0.3) is 0 Å². The van der Waals surface area contributed by atoms with Crippen LogP contribution in [0.5, 0.6) is 5.75 Å². The molecule has 0 aliphatic carbocycles. The van der Waals surface area contributed by atoms with E-state index in [1.807, 2.05) is 24.3 Å². The molecule has 1 aliphatic rings. The Hall–Kier alpha value is -2.02. The van der Waals surface area contributed by atoms with Gasteiger partial charge in [0.15, 0.2) is 0 Å². The number of benzene rings is 2. The minimum atomic E-state index is 0.752. The molecule has 0 saturated carbocycles. The molecule has 0 unspecified atom stereocenters. The molecule has 0 bridgehead atoms. The lowest BCUT2D eigenvalue weighted by Gasteiger charge is -2.20. The van der Waals surface area contributed by atoms with Crippen LogP contribution >= 0.6 is 0 Å². The average Bonchev–Trinajstić information content (AvgIpc) is 2.31. The Kier molecular flexibility index (Phi) is 2.22. The smallest absolute Gasteiger partial charge is 0.126 e. The zero-order chi connectivity index (χ0) is 10.8. The predicted molar refractivity (Wildman–Crippen MR) is 66.1 cm³/mol. The molecule has 0 spiro atoms. The van der Waals surface area contributed by atoms with E-state index in [0.717, 1.165) is 12.4 Å². The Morgan fingerprint density at radius 3 is 2.38 bits per heavy atom. The fourth-order valence-electron chi connectivity index (χ4n) is 1.79. The van der Waals surface area contributed by atoms with Crippen LogP contribution in [0.4, 0.5) is 0 Å². The van der Waals surface area contributed by atoms with Crippen LogP contribution < -0.4 is 4.74 Å². The van der Waals surface area contributed by atoms with Gasteiger partial charge >= 0.3 is 0 Å². The lowest BCUT2D eigenvalue weighted by atomic mass is 10.1. The molecule has 0 aromatic heterocycles. The summed E-state index contributed by atoms with van der Waals surface area (Å²) in [5.41, 5.74) is 3.75. The lowest BCUT2D eigenvalue weighted by Crippen LogP contribution is -2.08. The monoisotopic (exact) mass is 208 g/mol. The first kappa shape index (κ1) is 9.22. The van der Waals surface area contributed by atoms with Gasteiger partial charge in [0, 0.05) is 5.56 Å². The summed E-state index contributed by atoms with van der Waals surface area (Å²) in [5.74, 6) is 1.02. The standard InChI is InChI=1S/C15H12O/c1-2-4-12(5-3-1)6-7-13-8-9-15-14(10-13)11-16-15/h1-10H,11H2/b7-6+. The van der Waals surface area contributed by atoms with E-state index < -0.39 is 0 Å². The van der Waals surface area contributed by atoms with Crippen LogP contribution in [0.15, 0.2) is 48.5 Å². The molecule has 16 heavy (non-hydrogen) atoms. The SMILES string of the molecule is C(=C\c1ccc2c(c1)CO2)/c1ccccc1. The molecule has 0 saturated heterocycles. The maximum absolute atomic E-state index is 5.27. The highest BCUT2D eigenvalue weighted by Gasteiger charge is 2.13. The van der Waals surface area contributed by atoms with Gasteiger partial charge in [-0.3, -0.25) is 0 Å². The molecule has 0 atom stereocenters. The third kappa shape index (κ3) is 1.72. The summed E-state index contributed by atoms with van der Waals surface area (Å²) >= 11 is 0. The quantitative estimate of drug-likeness (QED) is 0.683. The molecule has 0 N–H and O–H groups in total. The van der Waals surface area contributed by atoms with E-state index in [4.69, 9.17) is 4.74 Å². The Labute approximate surface area is 95.0 Å². The third-order valence-electron chi connectivity index (χ3n) is 2.74. The molecule has 0 radical (unpaired) electrons. The second kappa shape index (κ2) is 3.86. The van der Waals surface area contributed by atoms with Crippen molar-refractivity contribution in [1.29, 1.82) is 0 Å². The van der Waals surface area contributed by atoms with E-state index in [0.29, 0.717) is 0 Å². The summed E-state index contributed by atoms with van der Waals surface area (Å²) < 4.78 is 5.27. The van der Waals surface area contributed by atoms with Crippen LogP contribution in [0.2, 0.25) is 0 Å². The van der Waals surface area contributed by atoms with E-state index >= 15 is 0 Å². The lowest BCUT2D eigenvalue weighted by molar-refractivity contribution is 0.243. The van der Waals surface area contributed by atoms with Crippen molar-refractivity contribution in [2.24, 2.45) is 0 Å². The van der Waals surface area contributed by atoms with E-state index in [1.165, 1.54) is 16.7 Å². The van der Waals surface area contributed by atoms with Crippen molar-refractivity contribution in [2.75, 3.05) is 0 Å². The normalized spacial score (nSPS) is 13.0. The first-order valence-corrected chi connectivity index (χ1v) is 5.41. The zero-order valence-corrected chi connectivity index (χ0v) is 8.89. The number of rotatable bonds is 2. The van der Waals surface area contributed by atoms with Crippen LogP contribution in [0.25, 0.3) is 12.2 Å². The van der Waals surface area contributed by atoms with Crippen molar-refractivity contribution in [1.82, 2.24) is 0 Å². The Morgan fingerprint density at radius 2 is 1.69 bits per heavy atom. The van der Waals surface area contributed by atoms with Crippen LogP contribution in [-0.4, -0.2) is 0 Å². The van der Waals surface area contributed by atoms with Gasteiger partial charge in [0.05, 0.1) is 0 Å². The fourth-order valence-corrected chi connectivity index (χ4v) is 1.79. The maximum atomic E-state index is 5.27. The van der Waals surface area contributed by atoms with Crippen molar-refractivity contribution >= 4 is 12.2 Å². The van der Waals surface area contributed by atoms with Gasteiger partial charge in [-0.05, 0) is 23.3 Å². The summed E-state index contributed by atoms with van der Waals surface area (Å²) in [5, 5.41) is 0. The van der Waals surface area contributed by atoms with E-state index in [-0.39, 0.29) is 0 Å². The molecule has 2 aromatic carbocycles. The van der Waals surface area contributed by atoms with Gasteiger partial charge in [0.1, 0.15) is 12.4 Å². The summed E-state index contributed by atoms with van der Waals surface area (Å²) in [6, 6.07) is 16.6. The van der Waals surface area contributed by atoms with Crippen LogP contribution in [-0.2, 0) is 6.61 Å². The fraction of sp³-hybridized carbons (Fsp3) is 0.0667. The summed E-state index contributed by atoms with van der Waals surface area (Å²) in [7, 11) is 0. The molecule has 78 valence electrons. The highest BCUT2D eigenvalue weighted by atomic mass is 16.5. The van der Waals surface area contributed by atoms with Crippen LogP contribution in [0.3, 0.4) is 0 Å². The number of hydrogen-bond donors (Lipinski definition) is 0. The second-order valence-electron chi connectivity index (χ2n) is 3.90. The number of ether oxygens (including phenoxy) is 1. The number of hydrogen-bond acceptors (Lipinski definition) is 1. The second-order valence-corrected chi connectivity index (χ2v) is 3.90. The van der Waals surface area contributed by atoms with Gasteiger partial charge in [-0.1, -0.05) is 48.6 Å². The molecular formula is C15H12O. The molecule has 2 aromatic rings. The summed E-state index contributed by atoms with van der Waals surface area (Å²) in [6.45, 7) is 0.752. The minimum absolute atomic E-state index is 0.752. The van der Waals surface area contributed by atoms with Crippen molar-refractivity contribution in [3.8, 4) is 5.75 Å². The van der Waals surface area contributed by atoms with E-state index in [2.05, 4.69) is 36.4 Å². The van der Waals surface area contributed by atoms with Crippen molar-refractivity contribution in [3.05, 3.63) is 65.2 Å². The van der Waals surface area contributed by atoms with E-state index in [9.17, 15) is 0 Å². The molecule has 0 fully saturated rings. The van der Waals surface area contributed by atoms with Gasteiger partial charge in [-0.2, -0.15) is 0 Å². The molecule has 3 rings (SSSR count). The van der Waals surface area contributed by atoms with Crippen LogP contribution in [0.1, 0.15) is 16.7 Å². The Morgan fingerprint density at radius 1 is 0.875 bits per heavy atom.